The molecule has 0 radical (unpaired) electrons. The van der Waals surface area contributed by atoms with E-state index >= 15 is 0 Å². The number of aromatic hydroxyl groups is 1. The van der Waals surface area contributed by atoms with E-state index in [1.807, 2.05) is 32.9 Å². The van der Waals surface area contributed by atoms with E-state index in [-0.39, 0.29) is 12.5 Å². The molecule has 1 aromatic rings. The van der Waals surface area contributed by atoms with Crippen molar-refractivity contribution in [1.82, 2.24) is 0 Å². The third kappa shape index (κ3) is 10.5. The number of carbonyl (C=O) groups is 1. The van der Waals surface area contributed by atoms with Crippen LogP contribution in [0.1, 0.15) is 19.4 Å². The van der Waals surface area contributed by atoms with Crippen molar-refractivity contribution < 1.29 is 14.6 Å². The smallest absolute Gasteiger partial charge is 0.319 e. The summed E-state index contributed by atoms with van der Waals surface area (Å²) in [7, 11) is 1.30. The molecule has 0 aliphatic heterocycles. The third-order valence-electron chi connectivity index (χ3n) is 1.43. The van der Waals surface area contributed by atoms with Gasteiger partial charge in [0.25, 0.3) is 0 Å². The molecular weight excluding hydrogens is 206 g/mol. The summed E-state index contributed by atoms with van der Waals surface area (Å²) < 4.78 is 4.14. The molecular formula is C12H21NO3. The summed E-state index contributed by atoms with van der Waals surface area (Å²) in [4.78, 5) is 9.83. The largest absolute Gasteiger partial charge is 0.508 e. The topological polar surface area (TPSA) is 72.5 Å². The van der Waals surface area contributed by atoms with Crippen LogP contribution in [0.5, 0.6) is 5.75 Å². The van der Waals surface area contributed by atoms with Gasteiger partial charge in [-0.3, -0.25) is 4.79 Å². The van der Waals surface area contributed by atoms with Crippen molar-refractivity contribution in [2.75, 3.05) is 13.7 Å². The molecule has 1 rings (SSSR count). The number of phenolic OH excluding ortho intramolecular Hbond substituents is 1. The maximum Gasteiger partial charge on any atom is 0.319 e. The Morgan fingerprint density at radius 3 is 1.94 bits per heavy atom. The quantitative estimate of drug-likeness (QED) is 0.718. The third-order valence-corrected chi connectivity index (χ3v) is 1.43. The molecule has 0 saturated carbocycles. The van der Waals surface area contributed by atoms with Crippen molar-refractivity contribution in [2.24, 2.45) is 5.73 Å². The second-order valence-electron chi connectivity index (χ2n) is 2.62. The fraction of sp³-hybridized carbons (Fsp3) is 0.417. The summed E-state index contributed by atoms with van der Waals surface area (Å²) in [5, 5.41) is 8.76. The first-order chi connectivity index (χ1) is 7.60. The zero-order valence-electron chi connectivity index (χ0n) is 10.4. The lowest BCUT2D eigenvalue weighted by Crippen LogP contribution is -2.14. The number of carbonyl (C=O) groups excluding carboxylic acids is 1. The predicted molar refractivity (Wildman–Crippen MR) is 65.3 cm³/mol. The number of benzene rings is 1. The van der Waals surface area contributed by atoms with Crippen LogP contribution in [0.3, 0.4) is 0 Å². The second kappa shape index (κ2) is 11.5. The molecule has 0 fully saturated rings. The Bertz CT molecular complexity index is 243. The molecule has 0 aromatic heterocycles. The van der Waals surface area contributed by atoms with Gasteiger partial charge in [0.2, 0.25) is 0 Å². The Hall–Kier alpha value is -1.55. The van der Waals surface area contributed by atoms with Gasteiger partial charge in [-0.05, 0) is 19.1 Å². The van der Waals surface area contributed by atoms with Gasteiger partial charge in [-0.15, -0.1) is 0 Å². The Kier molecular flexibility index (Phi) is 12.1. The average molecular weight is 227 g/mol. The molecule has 4 heteroatoms. The van der Waals surface area contributed by atoms with Gasteiger partial charge in [0.1, 0.15) is 5.75 Å². The van der Waals surface area contributed by atoms with Crippen molar-refractivity contribution in [3.05, 3.63) is 29.8 Å². The summed E-state index contributed by atoms with van der Waals surface area (Å²) in [6.07, 6.45) is 0. The summed E-state index contributed by atoms with van der Waals surface area (Å²) in [6, 6.07) is 7.09. The van der Waals surface area contributed by atoms with E-state index in [0.29, 0.717) is 5.75 Å². The molecule has 16 heavy (non-hydrogen) atoms. The molecule has 0 bridgehead atoms. The molecule has 0 amide bonds. The Labute approximate surface area is 97.0 Å². The van der Waals surface area contributed by atoms with E-state index in [2.05, 4.69) is 4.74 Å². The lowest BCUT2D eigenvalue weighted by Gasteiger charge is -1.89. The fourth-order valence-corrected chi connectivity index (χ4v) is 0.628. The monoisotopic (exact) mass is 227 g/mol. The van der Waals surface area contributed by atoms with E-state index in [0.717, 1.165) is 0 Å². The Morgan fingerprint density at radius 2 is 1.75 bits per heavy atom. The summed E-state index contributed by atoms with van der Waals surface area (Å²) in [6.45, 7) is 5.95. The highest BCUT2D eigenvalue weighted by Crippen LogP contribution is 2.07. The van der Waals surface area contributed by atoms with Gasteiger partial charge < -0.3 is 15.6 Å². The van der Waals surface area contributed by atoms with Crippen LogP contribution in [0, 0.1) is 6.92 Å². The first-order valence-electron chi connectivity index (χ1n) is 5.12. The summed E-state index contributed by atoms with van der Waals surface area (Å²) in [5.74, 6) is -0.0504. The van der Waals surface area contributed by atoms with E-state index < -0.39 is 0 Å². The van der Waals surface area contributed by atoms with Crippen LogP contribution in [-0.4, -0.2) is 24.7 Å². The summed E-state index contributed by atoms with van der Waals surface area (Å²) in [5.41, 5.74) is 5.98. The van der Waals surface area contributed by atoms with E-state index in [1.165, 1.54) is 12.7 Å². The molecule has 0 aliphatic rings. The van der Waals surface area contributed by atoms with Crippen LogP contribution >= 0.6 is 0 Å². The van der Waals surface area contributed by atoms with Crippen LogP contribution in [-0.2, 0) is 9.53 Å². The number of hydrogen-bond donors (Lipinski definition) is 2. The van der Waals surface area contributed by atoms with Crippen LogP contribution in [0.4, 0.5) is 0 Å². The van der Waals surface area contributed by atoms with Crippen LogP contribution < -0.4 is 5.73 Å². The number of aryl methyl sites for hydroxylation is 1. The van der Waals surface area contributed by atoms with E-state index in [1.54, 1.807) is 12.1 Å². The van der Waals surface area contributed by atoms with Crippen LogP contribution in [0.2, 0.25) is 0 Å². The highest BCUT2D eigenvalue weighted by molar-refractivity contribution is 5.70. The second-order valence-corrected chi connectivity index (χ2v) is 2.62. The van der Waals surface area contributed by atoms with Crippen LogP contribution in [0.15, 0.2) is 24.3 Å². The van der Waals surface area contributed by atoms with E-state index in [9.17, 15) is 4.79 Å². The van der Waals surface area contributed by atoms with E-state index in [4.69, 9.17) is 10.8 Å². The highest BCUT2D eigenvalue weighted by Gasteiger charge is 1.87. The number of rotatable bonds is 1. The van der Waals surface area contributed by atoms with Gasteiger partial charge in [0, 0.05) is 0 Å². The maximum atomic E-state index is 9.83. The highest BCUT2D eigenvalue weighted by atomic mass is 16.5. The predicted octanol–water partition coefficient (Wildman–Crippen LogP) is 1.84. The van der Waals surface area contributed by atoms with Crippen molar-refractivity contribution in [3.8, 4) is 5.75 Å². The van der Waals surface area contributed by atoms with Gasteiger partial charge in [-0.2, -0.15) is 0 Å². The number of hydrogen-bond acceptors (Lipinski definition) is 4. The zero-order chi connectivity index (χ0) is 13.0. The zero-order valence-corrected chi connectivity index (χ0v) is 10.4. The standard InChI is InChI=1S/C7H8O.C3H7NO2.C2H6/c1-6-2-4-7(8)5-3-6;1-6-3(5)2-4;1-2/h2-5,8H,1H3;2,4H2,1H3;1-2H3. The van der Waals surface area contributed by atoms with Gasteiger partial charge in [0.05, 0.1) is 13.7 Å². The minimum atomic E-state index is -0.380. The van der Waals surface area contributed by atoms with Crippen molar-refractivity contribution >= 4 is 5.97 Å². The molecule has 4 nitrogen and oxygen atoms in total. The van der Waals surface area contributed by atoms with Gasteiger partial charge >= 0.3 is 5.97 Å². The minimum Gasteiger partial charge on any atom is -0.508 e. The maximum absolute atomic E-state index is 9.83. The number of ether oxygens (including phenoxy) is 1. The van der Waals surface area contributed by atoms with Crippen molar-refractivity contribution in [1.29, 1.82) is 0 Å². The molecule has 0 spiro atoms. The molecule has 0 unspecified atom stereocenters. The average Bonchev–Trinajstić information content (AvgIpc) is 2.35. The molecule has 1 aromatic carbocycles. The number of methoxy groups -OCH3 is 1. The first-order valence-corrected chi connectivity index (χ1v) is 5.12. The molecule has 0 aliphatic carbocycles. The fourth-order valence-electron chi connectivity index (χ4n) is 0.628. The summed E-state index contributed by atoms with van der Waals surface area (Å²) >= 11 is 0. The minimum absolute atomic E-state index is 0.0312. The molecule has 0 heterocycles. The molecule has 3 N–H and O–H groups in total. The molecule has 92 valence electrons. The lowest BCUT2D eigenvalue weighted by atomic mass is 10.2. The number of esters is 1. The van der Waals surface area contributed by atoms with Crippen molar-refractivity contribution in [3.63, 3.8) is 0 Å². The Balaban J connectivity index is 0. The van der Waals surface area contributed by atoms with Crippen LogP contribution in [0.25, 0.3) is 0 Å². The Morgan fingerprint density at radius 1 is 1.31 bits per heavy atom. The number of phenols is 1. The van der Waals surface area contributed by atoms with Crippen molar-refractivity contribution in [2.45, 2.75) is 20.8 Å². The lowest BCUT2D eigenvalue weighted by molar-refractivity contribution is -0.138. The van der Waals surface area contributed by atoms with Gasteiger partial charge in [-0.1, -0.05) is 31.5 Å². The SMILES string of the molecule is CC.COC(=O)CN.Cc1ccc(O)cc1. The normalized spacial score (nSPS) is 7.81. The molecule has 0 atom stereocenters. The molecule has 0 saturated heterocycles. The van der Waals surface area contributed by atoms with Gasteiger partial charge in [-0.25, -0.2) is 0 Å². The first kappa shape index (κ1) is 16.9. The number of nitrogens with two attached hydrogens (primary N) is 1. The van der Waals surface area contributed by atoms with Gasteiger partial charge in [0.15, 0.2) is 0 Å².